The molecule has 1 aliphatic heterocycles. The van der Waals surface area contributed by atoms with E-state index in [1.165, 1.54) is 0 Å². The maximum atomic E-state index is 12.4. The van der Waals surface area contributed by atoms with E-state index in [4.69, 9.17) is 4.84 Å². The monoisotopic (exact) mass is 380 g/mol. The van der Waals surface area contributed by atoms with Gasteiger partial charge in [0.05, 0.1) is 11.7 Å². The molecule has 1 unspecified atom stereocenters. The van der Waals surface area contributed by atoms with Crippen molar-refractivity contribution in [2.75, 3.05) is 0 Å². The molecule has 2 aromatic rings. The molecule has 1 amide bonds. The first-order valence-corrected chi connectivity index (χ1v) is 9.49. The van der Waals surface area contributed by atoms with Crippen molar-refractivity contribution in [2.24, 2.45) is 11.1 Å². The van der Waals surface area contributed by atoms with Gasteiger partial charge in [0.2, 0.25) is 6.10 Å². The van der Waals surface area contributed by atoms with Crippen LogP contribution in [0.15, 0.2) is 59.8 Å². The average molecular weight is 380 g/mol. The first-order valence-electron chi connectivity index (χ1n) is 9.49. The second-order valence-corrected chi connectivity index (χ2v) is 7.44. The summed E-state index contributed by atoms with van der Waals surface area (Å²) in [6.07, 6.45) is 0.0363. The van der Waals surface area contributed by atoms with Crippen LogP contribution in [0.4, 0.5) is 0 Å². The largest absolute Gasteiger partial charge is 0.475 e. The second-order valence-electron chi connectivity index (χ2n) is 7.44. The number of amides is 1. The lowest BCUT2D eigenvalue weighted by Crippen LogP contribution is -2.50. The Kier molecular flexibility index (Phi) is 6.49. The molecule has 1 aliphatic rings. The normalized spacial score (nSPS) is 17.0. The minimum atomic E-state index is -1.61. The van der Waals surface area contributed by atoms with Crippen LogP contribution < -0.4 is 5.32 Å². The van der Waals surface area contributed by atoms with Crippen LogP contribution in [-0.4, -0.2) is 40.8 Å². The Morgan fingerprint density at radius 2 is 1.71 bits per heavy atom. The van der Waals surface area contributed by atoms with E-state index in [0.29, 0.717) is 18.6 Å². The summed E-state index contributed by atoms with van der Waals surface area (Å²) in [7, 11) is -1.61. The number of hydrogen-bond donors (Lipinski definition) is 3. The molecule has 2 atom stereocenters. The van der Waals surface area contributed by atoms with Gasteiger partial charge in [-0.05, 0) is 29.0 Å². The van der Waals surface area contributed by atoms with Crippen LogP contribution in [0.1, 0.15) is 32.3 Å². The summed E-state index contributed by atoms with van der Waals surface area (Å²) in [5.74, 6) is -0.907. The van der Waals surface area contributed by atoms with Gasteiger partial charge in [0.1, 0.15) is 0 Å². The number of nitrogens with zero attached hydrogens (tertiary/aromatic N) is 1. The molecule has 3 rings (SSSR count). The van der Waals surface area contributed by atoms with Gasteiger partial charge in [-0.25, -0.2) is 0 Å². The molecule has 0 radical (unpaired) electrons. The molecule has 3 N–H and O–H groups in total. The zero-order valence-electron chi connectivity index (χ0n) is 16.1. The standard InChI is InChI=1S/C21H25BN2O4/c1-14(2)12-20(22(26)27)23-21(25)19-13-18(24-28-19)17-10-8-16(9-11-17)15-6-4-3-5-7-15/h3-11,14,19-20,26-27H,12-13H2,1-2H3,(H,23,25)/t19?,20-/m0/s1. The third-order valence-corrected chi connectivity index (χ3v) is 4.70. The highest BCUT2D eigenvalue weighted by Gasteiger charge is 2.33. The molecule has 0 aromatic heterocycles. The van der Waals surface area contributed by atoms with E-state index in [0.717, 1.165) is 16.7 Å². The van der Waals surface area contributed by atoms with Crippen molar-refractivity contribution in [3.05, 3.63) is 60.2 Å². The molecule has 0 fully saturated rings. The van der Waals surface area contributed by atoms with Crippen molar-refractivity contribution in [3.63, 3.8) is 0 Å². The highest BCUT2D eigenvalue weighted by Crippen LogP contribution is 2.22. The van der Waals surface area contributed by atoms with Crippen LogP contribution in [0.3, 0.4) is 0 Å². The maximum Gasteiger partial charge on any atom is 0.475 e. The van der Waals surface area contributed by atoms with Gasteiger partial charge in [-0.2, -0.15) is 0 Å². The number of nitrogens with one attached hydrogen (secondary N) is 1. The summed E-state index contributed by atoms with van der Waals surface area (Å²) in [6, 6.07) is 18.0. The molecule has 6 nitrogen and oxygen atoms in total. The van der Waals surface area contributed by atoms with Crippen LogP contribution in [0.2, 0.25) is 0 Å². The van der Waals surface area contributed by atoms with Crippen molar-refractivity contribution >= 4 is 18.7 Å². The van der Waals surface area contributed by atoms with Crippen molar-refractivity contribution < 1.29 is 19.7 Å². The Bertz CT molecular complexity index is 822. The van der Waals surface area contributed by atoms with Crippen LogP contribution >= 0.6 is 0 Å². The predicted molar refractivity (Wildman–Crippen MR) is 109 cm³/mol. The molecule has 0 spiro atoms. The summed E-state index contributed by atoms with van der Waals surface area (Å²) >= 11 is 0. The molecule has 28 heavy (non-hydrogen) atoms. The lowest BCUT2D eigenvalue weighted by molar-refractivity contribution is -0.131. The summed E-state index contributed by atoms with van der Waals surface area (Å²) in [4.78, 5) is 17.7. The average Bonchev–Trinajstić information content (AvgIpc) is 3.18. The minimum absolute atomic E-state index is 0.214. The fourth-order valence-electron chi connectivity index (χ4n) is 3.21. The third-order valence-electron chi connectivity index (χ3n) is 4.70. The SMILES string of the molecule is CC(C)C[C@H](NC(=O)C1CC(c2ccc(-c3ccccc3)cc2)=NO1)B(O)O. The van der Waals surface area contributed by atoms with Gasteiger partial charge in [0.25, 0.3) is 5.91 Å². The Hall–Kier alpha value is -2.64. The highest BCUT2D eigenvalue weighted by molar-refractivity contribution is 6.43. The molecule has 2 aromatic carbocycles. The Morgan fingerprint density at radius 3 is 2.32 bits per heavy atom. The summed E-state index contributed by atoms with van der Waals surface area (Å²) < 4.78 is 0. The van der Waals surface area contributed by atoms with E-state index < -0.39 is 25.1 Å². The fraction of sp³-hybridized carbons (Fsp3) is 0.333. The molecule has 0 bridgehead atoms. The summed E-state index contributed by atoms with van der Waals surface area (Å²) in [6.45, 7) is 3.90. The number of rotatable bonds is 7. The van der Waals surface area contributed by atoms with Gasteiger partial charge in [0, 0.05) is 6.42 Å². The summed E-state index contributed by atoms with van der Waals surface area (Å²) in [5.41, 5.74) is 3.84. The van der Waals surface area contributed by atoms with Gasteiger partial charge in [0.15, 0.2) is 0 Å². The van der Waals surface area contributed by atoms with Gasteiger partial charge >= 0.3 is 7.12 Å². The van der Waals surface area contributed by atoms with E-state index in [1.807, 2.05) is 56.3 Å². The van der Waals surface area contributed by atoms with Crippen LogP contribution in [0.25, 0.3) is 11.1 Å². The van der Waals surface area contributed by atoms with Crippen molar-refractivity contribution in [3.8, 4) is 11.1 Å². The lowest BCUT2D eigenvalue weighted by atomic mass is 9.75. The molecule has 1 heterocycles. The van der Waals surface area contributed by atoms with Crippen molar-refractivity contribution in [1.82, 2.24) is 5.32 Å². The zero-order chi connectivity index (χ0) is 20.1. The molecule has 7 heteroatoms. The highest BCUT2D eigenvalue weighted by atomic mass is 16.6. The Morgan fingerprint density at radius 1 is 1.11 bits per heavy atom. The molecule has 146 valence electrons. The van der Waals surface area contributed by atoms with Crippen LogP contribution in [0.5, 0.6) is 0 Å². The topological polar surface area (TPSA) is 91.2 Å². The van der Waals surface area contributed by atoms with E-state index in [1.54, 1.807) is 0 Å². The van der Waals surface area contributed by atoms with Gasteiger partial charge in [-0.3, -0.25) is 4.79 Å². The van der Waals surface area contributed by atoms with Gasteiger partial charge in [-0.1, -0.05) is 73.6 Å². The minimum Gasteiger partial charge on any atom is -0.426 e. The van der Waals surface area contributed by atoms with E-state index in [2.05, 4.69) is 22.6 Å². The van der Waals surface area contributed by atoms with Crippen molar-refractivity contribution in [1.29, 1.82) is 0 Å². The lowest BCUT2D eigenvalue weighted by Gasteiger charge is -2.20. The third kappa shape index (κ3) is 5.00. The van der Waals surface area contributed by atoms with Crippen LogP contribution in [-0.2, 0) is 9.63 Å². The molecular formula is C21H25BN2O4. The number of benzene rings is 2. The van der Waals surface area contributed by atoms with Crippen LogP contribution in [0, 0.1) is 5.92 Å². The predicted octanol–water partition coefficient (Wildman–Crippen LogP) is 2.39. The number of oxime groups is 1. The number of carbonyl (C=O) groups excluding carboxylic acids is 1. The Balaban J connectivity index is 1.60. The fourth-order valence-corrected chi connectivity index (χ4v) is 3.21. The first kappa shape index (κ1) is 20.1. The zero-order valence-corrected chi connectivity index (χ0v) is 16.1. The second kappa shape index (κ2) is 9.04. The van der Waals surface area contributed by atoms with E-state index in [-0.39, 0.29) is 5.92 Å². The maximum absolute atomic E-state index is 12.4. The Labute approximate surface area is 165 Å². The molecule has 0 saturated heterocycles. The molecular weight excluding hydrogens is 355 g/mol. The van der Waals surface area contributed by atoms with E-state index >= 15 is 0 Å². The first-order chi connectivity index (χ1) is 13.4. The molecule has 0 aliphatic carbocycles. The number of hydrogen-bond acceptors (Lipinski definition) is 5. The van der Waals surface area contributed by atoms with Crippen molar-refractivity contribution in [2.45, 2.75) is 38.7 Å². The molecule has 0 saturated carbocycles. The summed E-state index contributed by atoms with van der Waals surface area (Å²) in [5, 5.41) is 25.7. The van der Waals surface area contributed by atoms with E-state index in [9.17, 15) is 14.8 Å². The number of carbonyl (C=O) groups is 1. The quantitative estimate of drug-likeness (QED) is 0.644. The van der Waals surface area contributed by atoms with Gasteiger partial charge in [-0.15, -0.1) is 0 Å². The smallest absolute Gasteiger partial charge is 0.426 e. The van der Waals surface area contributed by atoms with Gasteiger partial charge < -0.3 is 20.2 Å².